The Balaban J connectivity index is 2.03. The Morgan fingerprint density at radius 3 is 2.75 bits per heavy atom. The fourth-order valence-electron chi connectivity index (χ4n) is 2.12. The zero-order chi connectivity index (χ0) is 14.8. The molecule has 0 atom stereocenters. The maximum Gasteiger partial charge on any atom is 0.405 e. The number of nitrogens with zero attached hydrogens (tertiary/aromatic N) is 3. The normalized spacial score (nSPS) is 15.6. The summed E-state index contributed by atoms with van der Waals surface area (Å²) in [5.74, 6) is -0.284. The van der Waals surface area contributed by atoms with E-state index in [0.29, 0.717) is 18.8 Å². The summed E-state index contributed by atoms with van der Waals surface area (Å²) < 4.78 is 38.3. The van der Waals surface area contributed by atoms with E-state index in [-0.39, 0.29) is 0 Å². The smallest absolute Gasteiger partial charge is 0.345 e. The molecule has 1 aliphatic heterocycles. The molecule has 1 aromatic heterocycles. The molecule has 0 radical (unpaired) electrons. The molecule has 0 saturated heterocycles. The lowest BCUT2D eigenvalue weighted by Gasteiger charge is -2.07. The van der Waals surface area contributed by atoms with Crippen molar-refractivity contribution in [1.82, 2.24) is 19.7 Å². The van der Waals surface area contributed by atoms with Crippen molar-refractivity contribution in [1.29, 1.82) is 0 Å². The highest BCUT2D eigenvalue weighted by Crippen LogP contribution is 2.12. The molecule has 0 aliphatic carbocycles. The molecule has 1 amide bonds. The van der Waals surface area contributed by atoms with Crippen LogP contribution in [0.3, 0.4) is 0 Å². The standard InChI is InChI=1S/C11H15F3N4O2/c12-11(13,14)7-15-9(19)6-18-10(20)17-5-3-1-2-4-8(17)16-18/h1-7H2,(H,15,19). The maximum atomic E-state index is 12.0. The molecule has 1 aromatic rings. The van der Waals surface area contributed by atoms with Crippen molar-refractivity contribution in [2.24, 2.45) is 0 Å². The zero-order valence-corrected chi connectivity index (χ0v) is 10.7. The van der Waals surface area contributed by atoms with Crippen molar-refractivity contribution >= 4 is 5.91 Å². The van der Waals surface area contributed by atoms with Gasteiger partial charge in [0.2, 0.25) is 5.91 Å². The van der Waals surface area contributed by atoms with Crippen LogP contribution < -0.4 is 11.0 Å². The second kappa shape index (κ2) is 5.68. The van der Waals surface area contributed by atoms with Gasteiger partial charge in [0.05, 0.1) is 0 Å². The number of rotatable bonds is 3. The fourth-order valence-corrected chi connectivity index (χ4v) is 2.12. The number of hydrogen-bond donors (Lipinski definition) is 1. The lowest BCUT2D eigenvalue weighted by Crippen LogP contribution is -2.38. The summed E-state index contributed by atoms with van der Waals surface area (Å²) in [4.78, 5) is 23.3. The minimum absolute atomic E-state index is 0.441. The van der Waals surface area contributed by atoms with Crippen LogP contribution in [0.5, 0.6) is 0 Å². The van der Waals surface area contributed by atoms with Crippen molar-refractivity contribution in [3.05, 3.63) is 16.3 Å². The molecule has 0 fully saturated rings. The van der Waals surface area contributed by atoms with Gasteiger partial charge in [0, 0.05) is 13.0 Å². The average Bonchev–Trinajstić information content (AvgIpc) is 2.55. The van der Waals surface area contributed by atoms with Gasteiger partial charge in [0.25, 0.3) is 0 Å². The first-order valence-electron chi connectivity index (χ1n) is 6.37. The Bertz CT molecular complexity index is 547. The van der Waals surface area contributed by atoms with Gasteiger partial charge in [-0.05, 0) is 12.8 Å². The molecule has 0 aromatic carbocycles. The number of nitrogens with one attached hydrogen (secondary N) is 1. The van der Waals surface area contributed by atoms with Crippen LogP contribution in [0.15, 0.2) is 4.79 Å². The van der Waals surface area contributed by atoms with Crippen LogP contribution in [0.25, 0.3) is 0 Å². The molecule has 0 bridgehead atoms. The van der Waals surface area contributed by atoms with Gasteiger partial charge in [-0.15, -0.1) is 0 Å². The molecule has 1 N–H and O–H groups in total. The number of carbonyl (C=O) groups is 1. The molecular formula is C11H15F3N4O2. The molecule has 0 saturated carbocycles. The largest absolute Gasteiger partial charge is 0.405 e. The first kappa shape index (κ1) is 14.6. The Kier molecular flexibility index (Phi) is 4.15. The van der Waals surface area contributed by atoms with Crippen LogP contribution in [-0.2, 0) is 24.3 Å². The number of amides is 1. The van der Waals surface area contributed by atoms with Crippen molar-refractivity contribution in [2.75, 3.05) is 6.54 Å². The minimum atomic E-state index is -4.47. The molecule has 2 heterocycles. The van der Waals surface area contributed by atoms with E-state index >= 15 is 0 Å². The van der Waals surface area contributed by atoms with E-state index in [0.717, 1.165) is 23.9 Å². The van der Waals surface area contributed by atoms with Gasteiger partial charge >= 0.3 is 11.9 Å². The topological polar surface area (TPSA) is 68.9 Å². The fraction of sp³-hybridized carbons (Fsp3) is 0.727. The number of hydrogen-bond acceptors (Lipinski definition) is 3. The van der Waals surface area contributed by atoms with Crippen molar-refractivity contribution in [2.45, 2.75) is 44.9 Å². The maximum absolute atomic E-state index is 12.0. The van der Waals surface area contributed by atoms with Crippen molar-refractivity contribution in [3.63, 3.8) is 0 Å². The number of fused-ring (bicyclic) bond motifs is 1. The first-order chi connectivity index (χ1) is 9.37. The van der Waals surface area contributed by atoms with Gasteiger partial charge in [-0.25, -0.2) is 9.48 Å². The van der Waals surface area contributed by atoms with Crippen LogP contribution >= 0.6 is 0 Å². The highest BCUT2D eigenvalue weighted by molar-refractivity contribution is 5.75. The number of aromatic nitrogens is 3. The number of alkyl halides is 3. The lowest BCUT2D eigenvalue weighted by molar-refractivity contribution is -0.138. The van der Waals surface area contributed by atoms with Crippen molar-refractivity contribution in [3.8, 4) is 0 Å². The van der Waals surface area contributed by atoms with Gasteiger partial charge in [0.1, 0.15) is 18.9 Å². The molecule has 0 unspecified atom stereocenters. The molecule has 112 valence electrons. The van der Waals surface area contributed by atoms with Crippen LogP contribution in [0.1, 0.15) is 25.1 Å². The lowest BCUT2D eigenvalue weighted by atomic mass is 10.2. The van der Waals surface area contributed by atoms with Crippen LogP contribution in [0.2, 0.25) is 0 Å². The van der Waals surface area contributed by atoms with Gasteiger partial charge in [0.15, 0.2) is 0 Å². The van der Waals surface area contributed by atoms with Crippen LogP contribution in [0, 0.1) is 0 Å². The third kappa shape index (κ3) is 3.61. The number of halogens is 3. The minimum Gasteiger partial charge on any atom is -0.345 e. The molecule has 1 aliphatic rings. The molecule has 20 heavy (non-hydrogen) atoms. The van der Waals surface area contributed by atoms with E-state index in [1.54, 1.807) is 5.32 Å². The summed E-state index contributed by atoms with van der Waals surface area (Å²) in [6.07, 6.45) is -1.04. The SMILES string of the molecule is O=C(Cn1nc2n(c1=O)CCCCC2)NCC(F)(F)F. The van der Waals surface area contributed by atoms with E-state index < -0.39 is 30.9 Å². The second-order valence-corrected chi connectivity index (χ2v) is 4.71. The van der Waals surface area contributed by atoms with Gasteiger partial charge < -0.3 is 5.32 Å². The van der Waals surface area contributed by atoms with Gasteiger partial charge in [-0.2, -0.15) is 18.3 Å². The van der Waals surface area contributed by atoms with Gasteiger partial charge in [-0.3, -0.25) is 9.36 Å². The van der Waals surface area contributed by atoms with Gasteiger partial charge in [-0.1, -0.05) is 6.42 Å². The van der Waals surface area contributed by atoms with Crippen molar-refractivity contribution < 1.29 is 18.0 Å². The van der Waals surface area contributed by atoms with E-state index in [4.69, 9.17) is 0 Å². The third-order valence-corrected chi connectivity index (χ3v) is 3.06. The third-order valence-electron chi connectivity index (χ3n) is 3.06. The number of carbonyl (C=O) groups excluding carboxylic acids is 1. The van der Waals surface area contributed by atoms with E-state index in [1.807, 2.05) is 0 Å². The Morgan fingerprint density at radius 2 is 2.05 bits per heavy atom. The summed E-state index contributed by atoms with van der Waals surface area (Å²) in [7, 11) is 0. The summed E-state index contributed by atoms with van der Waals surface area (Å²) in [6.45, 7) is -1.36. The second-order valence-electron chi connectivity index (χ2n) is 4.71. The highest BCUT2D eigenvalue weighted by Gasteiger charge is 2.28. The Hall–Kier alpha value is -1.80. The zero-order valence-electron chi connectivity index (χ0n) is 10.7. The summed E-state index contributed by atoms with van der Waals surface area (Å²) >= 11 is 0. The number of aryl methyl sites for hydroxylation is 1. The molecule has 0 spiro atoms. The van der Waals surface area contributed by atoms with E-state index in [2.05, 4.69) is 5.10 Å². The van der Waals surface area contributed by atoms with E-state index in [9.17, 15) is 22.8 Å². The monoisotopic (exact) mass is 292 g/mol. The van der Waals surface area contributed by atoms with Crippen LogP contribution in [-0.4, -0.2) is 33.0 Å². The predicted molar refractivity (Wildman–Crippen MR) is 63.1 cm³/mol. The highest BCUT2D eigenvalue weighted by atomic mass is 19.4. The predicted octanol–water partition coefficient (Wildman–Crippen LogP) is 0.450. The Labute approximate surface area is 112 Å². The van der Waals surface area contributed by atoms with E-state index in [1.165, 1.54) is 4.57 Å². The summed E-state index contributed by atoms with van der Waals surface area (Å²) in [6, 6.07) is 0. The summed E-state index contributed by atoms with van der Waals surface area (Å²) in [5.41, 5.74) is -0.441. The first-order valence-corrected chi connectivity index (χ1v) is 6.37. The molecule has 6 nitrogen and oxygen atoms in total. The molecular weight excluding hydrogens is 277 g/mol. The summed E-state index contributed by atoms with van der Waals surface area (Å²) in [5, 5.41) is 5.74. The van der Waals surface area contributed by atoms with Crippen LogP contribution in [0.4, 0.5) is 13.2 Å². The molecule has 9 heteroatoms. The Morgan fingerprint density at radius 1 is 1.30 bits per heavy atom. The average molecular weight is 292 g/mol. The molecule has 2 rings (SSSR count). The quantitative estimate of drug-likeness (QED) is 0.879.